The van der Waals surface area contributed by atoms with Crippen LogP contribution >= 0.6 is 0 Å². The lowest BCUT2D eigenvalue weighted by Gasteiger charge is -2.33. The number of anilines is 1. The molecular weight excluding hydrogens is 480 g/mol. The number of rotatable bonds is 9. The van der Waals surface area contributed by atoms with E-state index in [1.54, 1.807) is 18.2 Å². The third-order valence-corrected chi connectivity index (χ3v) is 6.62. The molecule has 2 atom stereocenters. The van der Waals surface area contributed by atoms with E-state index in [9.17, 15) is 13.6 Å². The van der Waals surface area contributed by atoms with E-state index in [1.807, 2.05) is 38.1 Å². The number of nitrogens with zero attached hydrogens (tertiary/aromatic N) is 3. The van der Waals surface area contributed by atoms with Gasteiger partial charge < -0.3 is 24.2 Å². The molecule has 2 N–H and O–H groups in total. The Labute approximate surface area is 213 Å². The van der Waals surface area contributed by atoms with Gasteiger partial charge in [-0.1, -0.05) is 18.2 Å². The first-order valence-corrected chi connectivity index (χ1v) is 13.0. The Bertz CT molecular complexity index is 1220. The second-order valence-electron chi connectivity index (χ2n) is 8.50. The molecule has 4 rings (SSSR count). The smallest absolute Gasteiger partial charge is 0.254 e. The van der Waals surface area contributed by atoms with Crippen LogP contribution in [0.1, 0.15) is 41.3 Å². The summed E-state index contributed by atoms with van der Waals surface area (Å²) in [4.78, 5) is 23.9. The second-order valence-corrected chi connectivity index (χ2v) is 9.47. The maximum atomic E-state index is 12.6. The Morgan fingerprint density at radius 2 is 1.94 bits per heavy atom. The number of carbonyl (C=O) groups excluding carboxylic acids is 1. The van der Waals surface area contributed by atoms with Crippen molar-refractivity contribution in [3.8, 4) is 11.5 Å². The molecule has 1 fully saturated rings. The molecule has 0 spiro atoms. The molecule has 190 valence electrons. The Balaban J connectivity index is 1.34. The number of aryl methyl sites for hydroxylation is 1. The maximum Gasteiger partial charge on any atom is 0.254 e. The maximum absolute atomic E-state index is 12.6. The molecule has 1 saturated heterocycles. The van der Waals surface area contributed by atoms with Crippen molar-refractivity contribution in [1.82, 2.24) is 15.3 Å². The predicted octanol–water partition coefficient (Wildman–Crippen LogP) is 3.74. The van der Waals surface area contributed by atoms with Crippen molar-refractivity contribution < 1.29 is 23.0 Å². The number of aromatic nitrogens is 2. The Morgan fingerprint density at radius 1 is 1.19 bits per heavy atom. The average molecular weight is 511 g/mol. The van der Waals surface area contributed by atoms with E-state index in [1.165, 1.54) is 12.4 Å². The number of ether oxygens (including phenoxy) is 2. The number of benzene rings is 2. The molecule has 3 aromatic rings. The number of hydrogen-bond donors (Lipinski definition) is 2. The van der Waals surface area contributed by atoms with Crippen LogP contribution in [0.2, 0.25) is 0 Å². The standard InChI is InChI=1S/C26H30N4O5S/c1-3-34-23-8-4-5-9-24(23)35-21-7-6-12-30(17-21)26-28-15-20(16-29-26)25(31)27-14-19-10-11-22(36(32)33)13-18(19)2/h4-5,8-11,13,15-16,21H,3,6-7,12,14,17H2,1-2H3,(H,27,31)(H,32,33). The number of amides is 1. The van der Waals surface area contributed by atoms with Gasteiger partial charge in [0.05, 0.1) is 23.6 Å². The minimum atomic E-state index is -2.03. The third-order valence-electron chi connectivity index (χ3n) is 5.96. The molecule has 0 radical (unpaired) electrons. The first-order chi connectivity index (χ1) is 17.4. The second kappa shape index (κ2) is 12.0. The van der Waals surface area contributed by atoms with Crippen LogP contribution in [0.25, 0.3) is 0 Å². The van der Waals surface area contributed by atoms with Crippen molar-refractivity contribution in [2.24, 2.45) is 0 Å². The van der Waals surface area contributed by atoms with Crippen molar-refractivity contribution >= 4 is 22.9 Å². The highest BCUT2D eigenvalue weighted by Crippen LogP contribution is 2.29. The van der Waals surface area contributed by atoms with Crippen LogP contribution in [0, 0.1) is 6.92 Å². The predicted molar refractivity (Wildman–Crippen MR) is 137 cm³/mol. The zero-order chi connectivity index (χ0) is 25.5. The highest BCUT2D eigenvalue weighted by Gasteiger charge is 2.24. The fraction of sp³-hybridized carbons (Fsp3) is 0.346. The number of hydrogen-bond acceptors (Lipinski definition) is 7. The van der Waals surface area contributed by atoms with E-state index in [4.69, 9.17) is 9.47 Å². The molecule has 1 amide bonds. The number of para-hydroxylation sites is 2. The van der Waals surface area contributed by atoms with Crippen LogP contribution in [-0.2, 0) is 17.6 Å². The van der Waals surface area contributed by atoms with Crippen molar-refractivity contribution in [3.63, 3.8) is 0 Å². The number of nitrogens with one attached hydrogen (secondary N) is 1. The van der Waals surface area contributed by atoms with Gasteiger partial charge in [0, 0.05) is 25.5 Å². The van der Waals surface area contributed by atoms with Crippen LogP contribution in [0.3, 0.4) is 0 Å². The van der Waals surface area contributed by atoms with Gasteiger partial charge in [-0.3, -0.25) is 4.79 Å². The van der Waals surface area contributed by atoms with Crippen LogP contribution in [0.15, 0.2) is 59.8 Å². The van der Waals surface area contributed by atoms with Gasteiger partial charge in [-0.05, 0) is 62.1 Å². The summed E-state index contributed by atoms with van der Waals surface area (Å²) in [5.74, 6) is 1.73. The van der Waals surface area contributed by atoms with Crippen molar-refractivity contribution in [2.45, 2.75) is 44.2 Å². The van der Waals surface area contributed by atoms with E-state index in [0.29, 0.717) is 36.1 Å². The zero-order valence-electron chi connectivity index (χ0n) is 20.3. The number of piperidine rings is 1. The van der Waals surface area contributed by atoms with E-state index in [2.05, 4.69) is 20.2 Å². The van der Waals surface area contributed by atoms with Gasteiger partial charge in [0.2, 0.25) is 5.95 Å². The van der Waals surface area contributed by atoms with Crippen molar-refractivity contribution in [1.29, 1.82) is 0 Å². The molecule has 1 aliphatic rings. The summed E-state index contributed by atoms with van der Waals surface area (Å²) in [5.41, 5.74) is 2.05. The first kappa shape index (κ1) is 25.6. The van der Waals surface area contributed by atoms with Crippen LogP contribution < -0.4 is 19.7 Å². The van der Waals surface area contributed by atoms with E-state index in [-0.39, 0.29) is 12.0 Å². The fourth-order valence-corrected chi connectivity index (χ4v) is 4.53. The fourth-order valence-electron chi connectivity index (χ4n) is 4.07. The van der Waals surface area contributed by atoms with Crippen molar-refractivity contribution in [2.75, 3.05) is 24.6 Å². The van der Waals surface area contributed by atoms with Gasteiger partial charge in [-0.2, -0.15) is 0 Å². The molecule has 2 heterocycles. The van der Waals surface area contributed by atoms with Gasteiger partial charge in [0.15, 0.2) is 22.6 Å². The van der Waals surface area contributed by atoms with Gasteiger partial charge in [-0.25, -0.2) is 14.2 Å². The summed E-state index contributed by atoms with van der Waals surface area (Å²) in [6.45, 7) is 6.09. The minimum Gasteiger partial charge on any atom is -0.490 e. The topological polar surface area (TPSA) is 114 Å². The highest BCUT2D eigenvalue weighted by molar-refractivity contribution is 7.79. The number of carbonyl (C=O) groups is 1. The van der Waals surface area contributed by atoms with E-state index >= 15 is 0 Å². The SMILES string of the molecule is CCOc1ccccc1OC1CCCN(c2ncc(C(=O)NCc3ccc(S(=O)O)cc3C)cn2)C1. The average Bonchev–Trinajstić information content (AvgIpc) is 2.89. The van der Waals surface area contributed by atoms with Crippen LogP contribution in [0.4, 0.5) is 5.95 Å². The van der Waals surface area contributed by atoms with E-state index in [0.717, 1.165) is 42.0 Å². The van der Waals surface area contributed by atoms with Gasteiger partial charge in [0.25, 0.3) is 5.91 Å². The monoisotopic (exact) mass is 510 g/mol. The van der Waals surface area contributed by atoms with Gasteiger partial charge in [-0.15, -0.1) is 0 Å². The molecule has 1 aromatic heterocycles. The summed E-state index contributed by atoms with van der Waals surface area (Å²) in [5, 5.41) is 2.85. The summed E-state index contributed by atoms with van der Waals surface area (Å²) < 4.78 is 32.3. The van der Waals surface area contributed by atoms with Crippen LogP contribution in [-0.4, -0.2) is 50.4 Å². The summed E-state index contributed by atoms with van der Waals surface area (Å²) in [7, 11) is 0. The first-order valence-electron chi connectivity index (χ1n) is 11.9. The third kappa shape index (κ3) is 6.38. The van der Waals surface area contributed by atoms with Gasteiger partial charge in [0.1, 0.15) is 6.10 Å². The zero-order valence-corrected chi connectivity index (χ0v) is 21.2. The molecule has 2 aromatic carbocycles. The normalized spacial score (nSPS) is 16.3. The Morgan fingerprint density at radius 3 is 2.64 bits per heavy atom. The molecule has 36 heavy (non-hydrogen) atoms. The molecular formula is C26H30N4O5S. The van der Waals surface area contributed by atoms with Crippen molar-refractivity contribution in [3.05, 3.63) is 71.5 Å². The summed E-state index contributed by atoms with van der Waals surface area (Å²) in [6.07, 6.45) is 4.89. The molecule has 2 unspecified atom stereocenters. The quantitative estimate of drug-likeness (QED) is 0.419. The van der Waals surface area contributed by atoms with Crippen LogP contribution in [0.5, 0.6) is 11.5 Å². The molecule has 10 heteroatoms. The molecule has 1 aliphatic heterocycles. The molecule has 0 aliphatic carbocycles. The Kier molecular flexibility index (Phi) is 8.50. The minimum absolute atomic E-state index is 0.0233. The molecule has 0 saturated carbocycles. The molecule has 0 bridgehead atoms. The lowest BCUT2D eigenvalue weighted by atomic mass is 10.1. The summed E-state index contributed by atoms with van der Waals surface area (Å²) in [6, 6.07) is 12.6. The van der Waals surface area contributed by atoms with E-state index < -0.39 is 11.1 Å². The largest absolute Gasteiger partial charge is 0.490 e. The van der Waals surface area contributed by atoms with Gasteiger partial charge >= 0.3 is 0 Å². The lowest BCUT2D eigenvalue weighted by molar-refractivity contribution is 0.0950. The highest BCUT2D eigenvalue weighted by atomic mass is 32.2. The lowest BCUT2D eigenvalue weighted by Crippen LogP contribution is -2.42. The summed E-state index contributed by atoms with van der Waals surface area (Å²) >= 11 is -2.03. The Hall–Kier alpha value is -3.50. The molecule has 9 nitrogen and oxygen atoms in total.